The van der Waals surface area contributed by atoms with E-state index in [1.54, 1.807) is 67.6 Å². The molecule has 1 saturated heterocycles. The Bertz CT molecular complexity index is 1250. The lowest BCUT2D eigenvalue weighted by atomic mass is 9.92. The lowest BCUT2D eigenvalue weighted by Crippen LogP contribution is -2.42. The first-order valence-corrected chi connectivity index (χ1v) is 11.4. The zero-order valence-corrected chi connectivity index (χ0v) is 20.0. The molecule has 0 aliphatic carbocycles. The van der Waals surface area contributed by atoms with Gasteiger partial charge in [0.2, 0.25) is 5.91 Å². The maximum atomic E-state index is 13.1. The number of rotatable bonds is 8. The van der Waals surface area contributed by atoms with Gasteiger partial charge in [-0.2, -0.15) is 0 Å². The highest BCUT2D eigenvalue weighted by Crippen LogP contribution is 2.33. The second kappa shape index (κ2) is 10.1. The third kappa shape index (κ3) is 5.22. The molecule has 8 nitrogen and oxygen atoms in total. The van der Waals surface area contributed by atoms with Crippen LogP contribution in [0.15, 0.2) is 72.8 Å². The van der Waals surface area contributed by atoms with E-state index in [-0.39, 0.29) is 0 Å². The molecule has 0 spiro atoms. The van der Waals surface area contributed by atoms with Gasteiger partial charge in [-0.15, -0.1) is 0 Å². The molecule has 1 atom stereocenters. The van der Waals surface area contributed by atoms with E-state index in [1.165, 1.54) is 6.07 Å². The van der Waals surface area contributed by atoms with Gasteiger partial charge < -0.3 is 20.1 Å². The molecule has 4 amide bonds. The van der Waals surface area contributed by atoms with Gasteiger partial charge in [0.15, 0.2) is 5.75 Å². The van der Waals surface area contributed by atoms with Crippen molar-refractivity contribution < 1.29 is 23.9 Å². The fraction of sp³-hybridized carbons (Fsp3) is 0.192. The molecule has 1 aliphatic rings. The summed E-state index contributed by atoms with van der Waals surface area (Å²) in [6.45, 7) is 3.59. The normalized spacial score (nSPS) is 17.2. The Morgan fingerprint density at radius 1 is 1.03 bits per heavy atom. The number of nitrogens with one attached hydrogen (secondary N) is 2. The Kier molecular flexibility index (Phi) is 6.93. The third-order valence-electron chi connectivity index (χ3n) is 5.51. The summed E-state index contributed by atoms with van der Waals surface area (Å²) in [6, 6.07) is 20.0. The maximum absolute atomic E-state index is 13.1. The summed E-state index contributed by atoms with van der Waals surface area (Å²) < 4.78 is 11.3. The lowest BCUT2D eigenvalue weighted by Gasteiger charge is -2.22. The van der Waals surface area contributed by atoms with Crippen molar-refractivity contribution in [3.63, 3.8) is 0 Å². The van der Waals surface area contributed by atoms with Crippen molar-refractivity contribution in [3.05, 3.63) is 83.4 Å². The van der Waals surface area contributed by atoms with Gasteiger partial charge in [0, 0.05) is 5.02 Å². The fourth-order valence-electron chi connectivity index (χ4n) is 3.73. The summed E-state index contributed by atoms with van der Waals surface area (Å²) in [7, 11) is 0. The van der Waals surface area contributed by atoms with Crippen LogP contribution >= 0.6 is 11.6 Å². The lowest BCUT2D eigenvalue weighted by molar-refractivity contribution is -0.133. The predicted molar refractivity (Wildman–Crippen MR) is 132 cm³/mol. The average Bonchev–Trinajstić information content (AvgIpc) is 3.06. The Morgan fingerprint density at radius 2 is 1.71 bits per heavy atom. The van der Waals surface area contributed by atoms with E-state index in [1.807, 2.05) is 13.0 Å². The molecule has 180 valence electrons. The molecule has 0 bridgehead atoms. The van der Waals surface area contributed by atoms with E-state index in [0.717, 1.165) is 4.90 Å². The Balaban J connectivity index is 1.48. The number of anilines is 1. The van der Waals surface area contributed by atoms with Gasteiger partial charge >= 0.3 is 6.03 Å². The van der Waals surface area contributed by atoms with Gasteiger partial charge in [-0.05, 0) is 61.9 Å². The van der Waals surface area contributed by atoms with Gasteiger partial charge in [0.05, 0.1) is 12.3 Å². The van der Waals surface area contributed by atoms with E-state index < -0.39 is 29.9 Å². The van der Waals surface area contributed by atoms with Crippen LogP contribution in [0.5, 0.6) is 17.2 Å². The smallest absolute Gasteiger partial charge is 0.325 e. The van der Waals surface area contributed by atoms with E-state index in [9.17, 15) is 14.4 Å². The first-order valence-electron chi connectivity index (χ1n) is 11.0. The number of imide groups is 1. The first kappa shape index (κ1) is 24.1. The molecule has 0 aromatic heterocycles. The van der Waals surface area contributed by atoms with Crippen LogP contribution in [0.4, 0.5) is 10.5 Å². The molecule has 3 aromatic carbocycles. The number of halogens is 1. The van der Waals surface area contributed by atoms with Gasteiger partial charge in [-0.1, -0.05) is 41.9 Å². The first-order chi connectivity index (χ1) is 16.8. The molecule has 2 N–H and O–H groups in total. The van der Waals surface area contributed by atoms with Crippen LogP contribution in [0.2, 0.25) is 5.02 Å². The summed E-state index contributed by atoms with van der Waals surface area (Å²) in [5, 5.41) is 5.76. The molecule has 1 fully saturated rings. The number of amides is 4. The average molecular weight is 494 g/mol. The molecule has 9 heteroatoms. The molecule has 1 heterocycles. The second-order valence-electron chi connectivity index (χ2n) is 8.01. The molecule has 0 radical (unpaired) electrons. The van der Waals surface area contributed by atoms with E-state index in [0.29, 0.717) is 40.1 Å². The second-order valence-corrected chi connectivity index (χ2v) is 8.44. The van der Waals surface area contributed by atoms with Crippen molar-refractivity contribution in [2.24, 2.45) is 0 Å². The minimum absolute atomic E-state index is 0.300. The zero-order valence-electron chi connectivity index (χ0n) is 19.2. The van der Waals surface area contributed by atoms with Crippen molar-refractivity contribution in [2.75, 3.05) is 18.5 Å². The van der Waals surface area contributed by atoms with E-state index in [2.05, 4.69) is 10.6 Å². The maximum Gasteiger partial charge on any atom is 0.325 e. The van der Waals surface area contributed by atoms with Crippen molar-refractivity contribution in [1.29, 1.82) is 0 Å². The highest BCUT2D eigenvalue weighted by molar-refractivity contribution is 6.31. The summed E-state index contributed by atoms with van der Waals surface area (Å²) in [5.74, 6) is 0.489. The van der Waals surface area contributed by atoms with Crippen molar-refractivity contribution >= 4 is 35.1 Å². The Hall–Kier alpha value is -4.04. The van der Waals surface area contributed by atoms with Crippen LogP contribution in [0.3, 0.4) is 0 Å². The minimum atomic E-state index is -1.25. The Morgan fingerprint density at radius 3 is 2.40 bits per heavy atom. The SMILES string of the molecule is CCOc1ccc(Oc2ccc(Cl)cc2NC(=O)CN2C(=O)NC(C)(c3ccccc3)C2=O)cc1. The van der Waals surface area contributed by atoms with Gasteiger partial charge in [-0.3, -0.25) is 14.5 Å². The number of carbonyl (C=O) groups excluding carboxylic acids is 3. The van der Waals surface area contributed by atoms with Crippen LogP contribution in [-0.2, 0) is 15.1 Å². The fourth-order valence-corrected chi connectivity index (χ4v) is 3.90. The van der Waals surface area contributed by atoms with Gasteiger partial charge in [0.1, 0.15) is 23.6 Å². The summed E-state index contributed by atoms with van der Waals surface area (Å²) in [5.41, 5.74) is -0.326. The molecular weight excluding hydrogens is 470 g/mol. The minimum Gasteiger partial charge on any atom is -0.494 e. The largest absolute Gasteiger partial charge is 0.494 e. The van der Waals surface area contributed by atoms with Crippen LogP contribution < -0.4 is 20.1 Å². The number of hydrogen-bond donors (Lipinski definition) is 2. The van der Waals surface area contributed by atoms with E-state index >= 15 is 0 Å². The third-order valence-corrected chi connectivity index (χ3v) is 5.74. The van der Waals surface area contributed by atoms with Crippen LogP contribution in [0, 0.1) is 0 Å². The summed E-state index contributed by atoms with van der Waals surface area (Å²) in [4.78, 5) is 39.4. The van der Waals surface area contributed by atoms with Crippen molar-refractivity contribution in [3.8, 4) is 17.2 Å². The van der Waals surface area contributed by atoms with E-state index in [4.69, 9.17) is 21.1 Å². The highest BCUT2D eigenvalue weighted by Gasteiger charge is 2.49. The standard InChI is InChI=1S/C26H24ClN3O5/c1-3-34-19-10-12-20(13-11-19)35-22-14-9-18(27)15-21(22)28-23(31)16-30-24(32)26(2,29-25(30)33)17-7-5-4-6-8-17/h4-15H,3,16H2,1-2H3,(H,28,31)(H,29,33). The molecule has 1 aliphatic heterocycles. The van der Waals surface area contributed by atoms with Crippen LogP contribution in [0.25, 0.3) is 0 Å². The topological polar surface area (TPSA) is 97.0 Å². The van der Waals surface area contributed by atoms with Gasteiger partial charge in [-0.25, -0.2) is 4.79 Å². The summed E-state index contributed by atoms with van der Waals surface area (Å²) >= 11 is 6.13. The number of carbonyl (C=O) groups is 3. The van der Waals surface area contributed by atoms with Crippen molar-refractivity contribution in [1.82, 2.24) is 10.2 Å². The number of nitrogens with zero attached hydrogens (tertiary/aromatic N) is 1. The molecule has 1 unspecified atom stereocenters. The monoisotopic (exact) mass is 493 g/mol. The molecule has 4 rings (SSSR count). The number of ether oxygens (including phenoxy) is 2. The zero-order chi connectivity index (χ0) is 25.0. The molecule has 0 saturated carbocycles. The Labute approximate surface area is 207 Å². The predicted octanol–water partition coefficient (Wildman–Crippen LogP) is 4.94. The highest BCUT2D eigenvalue weighted by atomic mass is 35.5. The molecule has 3 aromatic rings. The number of urea groups is 1. The van der Waals surface area contributed by atoms with Gasteiger partial charge in [0.25, 0.3) is 5.91 Å². The van der Waals surface area contributed by atoms with Crippen LogP contribution in [0.1, 0.15) is 19.4 Å². The molecule has 35 heavy (non-hydrogen) atoms. The molecular formula is C26H24ClN3O5. The van der Waals surface area contributed by atoms with Crippen molar-refractivity contribution in [2.45, 2.75) is 19.4 Å². The quantitative estimate of drug-likeness (QED) is 0.433. The number of hydrogen-bond acceptors (Lipinski definition) is 5. The van der Waals surface area contributed by atoms with Crippen LogP contribution in [-0.4, -0.2) is 35.9 Å². The summed E-state index contributed by atoms with van der Waals surface area (Å²) in [6.07, 6.45) is 0. The number of benzene rings is 3.